The number of carbonyl (C=O) groups is 2. The number of aryl methyl sites for hydroxylation is 1. The van der Waals surface area contributed by atoms with Gasteiger partial charge in [0.05, 0.1) is 11.8 Å². The Labute approximate surface area is 187 Å². The van der Waals surface area contributed by atoms with E-state index in [-0.39, 0.29) is 12.2 Å². The Kier molecular flexibility index (Phi) is 7.40. The van der Waals surface area contributed by atoms with Gasteiger partial charge in [-0.2, -0.15) is 5.10 Å². The third-order valence-electron chi connectivity index (χ3n) is 4.26. The smallest absolute Gasteiger partial charge is 0.339 e. The van der Waals surface area contributed by atoms with Crippen LogP contribution in [0.5, 0.6) is 5.75 Å². The van der Waals surface area contributed by atoms with Gasteiger partial charge in [-0.3, -0.25) is 0 Å². The standard InChI is InChI=1S/C23H20BrN3O4/c1-15-11-19(7-10-21(15)24)26-23(30)27-25-13-16-5-8-20(9-6-16)31-14-17-3-2-4-18(12-17)22(28)29/h2-13H,14H2,1H3,(H,28,29)(H2,26,27,30)/b25-13+. The molecule has 0 aromatic heterocycles. The normalized spacial score (nSPS) is 10.6. The largest absolute Gasteiger partial charge is 0.489 e. The van der Waals surface area contributed by atoms with Gasteiger partial charge in [0.15, 0.2) is 0 Å². The Morgan fingerprint density at radius 2 is 1.87 bits per heavy atom. The molecule has 0 aliphatic rings. The fraction of sp³-hybridized carbons (Fsp3) is 0.0870. The van der Waals surface area contributed by atoms with Crippen molar-refractivity contribution in [2.45, 2.75) is 13.5 Å². The Morgan fingerprint density at radius 3 is 2.58 bits per heavy atom. The fourth-order valence-electron chi connectivity index (χ4n) is 2.66. The van der Waals surface area contributed by atoms with Crippen molar-refractivity contribution in [1.82, 2.24) is 5.43 Å². The summed E-state index contributed by atoms with van der Waals surface area (Å²) in [6.45, 7) is 2.19. The maximum atomic E-state index is 11.9. The lowest BCUT2D eigenvalue weighted by Gasteiger charge is -2.07. The van der Waals surface area contributed by atoms with E-state index < -0.39 is 12.0 Å². The van der Waals surface area contributed by atoms with Crippen molar-refractivity contribution in [3.05, 3.63) is 93.5 Å². The molecular formula is C23H20BrN3O4. The van der Waals surface area contributed by atoms with Crippen molar-refractivity contribution in [1.29, 1.82) is 0 Å². The Balaban J connectivity index is 1.49. The monoisotopic (exact) mass is 481 g/mol. The fourth-order valence-corrected chi connectivity index (χ4v) is 2.90. The number of ether oxygens (including phenoxy) is 1. The van der Waals surface area contributed by atoms with Gasteiger partial charge >= 0.3 is 12.0 Å². The Bertz CT molecular complexity index is 1110. The molecule has 0 radical (unpaired) electrons. The van der Waals surface area contributed by atoms with Crippen LogP contribution in [0.15, 0.2) is 76.3 Å². The molecule has 0 fully saturated rings. The summed E-state index contributed by atoms with van der Waals surface area (Å²) in [5.41, 5.74) is 5.87. The summed E-state index contributed by atoms with van der Waals surface area (Å²) in [5.74, 6) is -0.339. The number of urea groups is 1. The van der Waals surface area contributed by atoms with Crippen LogP contribution in [-0.2, 0) is 6.61 Å². The van der Waals surface area contributed by atoms with E-state index in [0.29, 0.717) is 11.4 Å². The van der Waals surface area contributed by atoms with Gasteiger partial charge in [0.25, 0.3) is 0 Å². The highest BCUT2D eigenvalue weighted by atomic mass is 79.9. The molecular weight excluding hydrogens is 462 g/mol. The number of rotatable bonds is 7. The van der Waals surface area contributed by atoms with Gasteiger partial charge in [-0.1, -0.05) is 28.1 Å². The zero-order valence-electron chi connectivity index (χ0n) is 16.6. The second-order valence-corrected chi connectivity index (χ2v) is 7.51. The predicted molar refractivity (Wildman–Crippen MR) is 123 cm³/mol. The van der Waals surface area contributed by atoms with Crippen LogP contribution >= 0.6 is 15.9 Å². The molecule has 3 N–H and O–H groups in total. The van der Waals surface area contributed by atoms with E-state index in [9.17, 15) is 9.59 Å². The molecule has 0 aliphatic carbocycles. The second-order valence-electron chi connectivity index (χ2n) is 6.65. The summed E-state index contributed by atoms with van der Waals surface area (Å²) in [6, 6.07) is 18.8. The summed E-state index contributed by atoms with van der Waals surface area (Å²) in [5, 5.41) is 15.7. The zero-order chi connectivity index (χ0) is 22.2. The van der Waals surface area contributed by atoms with Crippen LogP contribution in [0.25, 0.3) is 0 Å². The predicted octanol–water partition coefficient (Wildman–Crippen LogP) is 5.19. The van der Waals surface area contributed by atoms with E-state index in [1.165, 1.54) is 12.3 Å². The lowest BCUT2D eigenvalue weighted by Crippen LogP contribution is -2.24. The van der Waals surface area contributed by atoms with Crippen LogP contribution in [0.1, 0.15) is 27.0 Å². The number of aromatic carboxylic acids is 1. The number of hydrogen-bond donors (Lipinski definition) is 3. The first-order valence-electron chi connectivity index (χ1n) is 9.32. The summed E-state index contributed by atoms with van der Waals surface area (Å²) in [7, 11) is 0. The van der Waals surface area contributed by atoms with E-state index >= 15 is 0 Å². The summed E-state index contributed by atoms with van der Waals surface area (Å²) in [6.07, 6.45) is 1.52. The average molecular weight is 482 g/mol. The van der Waals surface area contributed by atoms with E-state index in [1.807, 2.05) is 19.1 Å². The van der Waals surface area contributed by atoms with Crippen LogP contribution in [-0.4, -0.2) is 23.3 Å². The van der Waals surface area contributed by atoms with Gasteiger partial charge in [-0.25, -0.2) is 15.0 Å². The number of carbonyl (C=O) groups excluding carboxylic acids is 1. The molecule has 7 nitrogen and oxygen atoms in total. The van der Waals surface area contributed by atoms with Crippen molar-refractivity contribution in [3.63, 3.8) is 0 Å². The van der Waals surface area contributed by atoms with Crippen molar-refractivity contribution in [2.24, 2.45) is 5.10 Å². The van der Waals surface area contributed by atoms with Gasteiger partial charge in [0.1, 0.15) is 12.4 Å². The maximum absolute atomic E-state index is 11.9. The van der Waals surface area contributed by atoms with E-state index in [0.717, 1.165) is 21.2 Å². The van der Waals surface area contributed by atoms with Gasteiger partial charge in [0, 0.05) is 10.2 Å². The summed E-state index contributed by atoms with van der Waals surface area (Å²) in [4.78, 5) is 23.0. The molecule has 0 heterocycles. The molecule has 3 aromatic carbocycles. The number of carboxylic acid groups (broad SMARTS) is 1. The van der Waals surface area contributed by atoms with Crippen molar-refractivity contribution in [2.75, 3.05) is 5.32 Å². The summed E-state index contributed by atoms with van der Waals surface area (Å²) >= 11 is 3.42. The highest BCUT2D eigenvalue weighted by Crippen LogP contribution is 2.20. The molecule has 0 saturated carbocycles. The van der Waals surface area contributed by atoms with E-state index in [1.54, 1.807) is 48.5 Å². The SMILES string of the molecule is Cc1cc(NC(=O)N/N=C/c2ccc(OCc3cccc(C(=O)O)c3)cc2)ccc1Br. The number of nitrogens with one attached hydrogen (secondary N) is 2. The minimum Gasteiger partial charge on any atom is -0.489 e. The lowest BCUT2D eigenvalue weighted by molar-refractivity contribution is 0.0696. The number of nitrogens with zero attached hydrogens (tertiary/aromatic N) is 1. The molecule has 0 unspecified atom stereocenters. The maximum Gasteiger partial charge on any atom is 0.339 e. The highest BCUT2D eigenvalue weighted by Gasteiger charge is 2.04. The second kappa shape index (κ2) is 10.4. The molecule has 0 atom stereocenters. The topological polar surface area (TPSA) is 100 Å². The van der Waals surface area contributed by atoms with Crippen LogP contribution in [0.4, 0.5) is 10.5 Å². The number of hydrazone groups is 1. The van der Waals surface area contributed by atoms with E-state index in [4.69, 9.17) is 9.84 Å². The number of amides is 2. The van der Waals surface area contributed by atoms with Crippen molar-refractivity contribution >= 4 is 39.8 Å². The first-order valence-corrected chi connectivity index (χ1v) is 10.1. The third kappa shape index (κ3) is 6.68. The molecule has 8 heteroatoms. The van der Waals surface area contributed by atoms with Crippen LogP contribution in [0.3, 0.4) is 0 Å². The lowest BCUT2D eigenvalue weighted by atomic mass is 10.1. The molecule has 3 rings (SSSR count). The van der Waals surface area contributed by atoms with Crippen molar-refractivity contribution < 1.29 is 19.4 Å². The Morgan fingerprint density at radius 1 is 1.10 bits per heavy atom. The molecule has 0 aliphatic heterocycles. The first kappa shape index (κ1) is 22.0. The number of benzene rings is 3. The Hall–Kier alpha value is -3.65. The minimum atomic E-state index is -0.972. The van der Waals surface area contributed by atoms with Crippen LogP contribution in [0.2, 0.25) is 0 Å². The van der Waals surface area contributed by atoms with Gasteiger partial charge < -0.3 is 15.2 Å². The van der Waals surface area contributed by atoms with Crippen LogP contribution in [0, 0.1) is 6.92 Å². The quantitative estimate of drug-likeness (QED) is 0.319. The van der Waals surface area contributed by atoms with Gasteiger partial charge in [-0.05, 0) is 78.2 Å². The highest BCUT2D eigenvalue weighted by molar-refractivity contribution is 9.10. The summed E-state index contributed by atoms with van der Waals surface area (Å²) < 4.78 is 6.66. The van der Waals surface area contributed by atoms with Crippen LogP contribution < -0.4 is 15.5 Å². The van der Waals surface area contributed by atoms with E-state index in [2.05, 4.69) is 31.8 Å². The van der Waals surface area contributed by atoms with Gasteiger partial charge in [0.2, 0.25) is 0 Å². The number of carboxylic acids is 1. The van der Waals surface area contributed by atoms with Gasteiger partial charge in [-0.15, -0.1) is 0 Å². The molecule has 0 spiro atoms. The number of halogens is 1. The number of hydrogen-bond acceptors (Lipinski definition) is 4. The molecule has 31 heavy (non-hydrogen) atoms. The minimum absolute atomic E-state index is 0.222. The number of anilines is 1. The molecule has 3 aromatic rings. The van der Waals surface area contributed by atoms with Crippen molar-refractivity contribution in [3.8, 4) is 5.75 Å². The third-order valence-corrected chi connectivity index (χ3v) is 5.14. The molecule has 158 valence electrons. The molecule has 0 saturated heterocycles. The zero-order valence-corrected chi connectivity index (χ0v) is 18.2. The molecule has 0 bridgehead atoms. The molecule has 2 amide bonds. The first-order chi connectivity index (χ1) is 14.9. The average Bonchev–Trinajstić information content (AvgIpc) is 2.76.